The third-order valence-corrected chi connectivity index (χ3v) is 13.2. The van der Waals surface area contributed by atoms with Crippen LogP contribution in [0, 0.1) is 0 Å². The molecule has 0 spiro atoms. The molecule has 1 aliphatic heterocycles. The second-order valence-electron chi connectivity index (χ2n) is 17.1. The number of benzene rings is 7. The number of para-hydroxylation sites is 2. The van der Waals surface area contributed by atoms with Crippen LogP contribution in [-0.4, -0.2) is 20.9 Å². The summed E-state index contributed by atoms with van der Waals surface area (Å²) < 4.78 is 11.1. The smallest absolute Gasteiger partial charge is 0.128 e. The lowest BCUT2D eigenvalue weighted by Gasteiger charge is -2.19. The Morgan fingerprint density at radius 1 is 0.742 bits per heavy atom. The molecular formula is C61H50N4O. The Kier molecular flexibility index (Phi) is 10.5. The summed E-state index contributed by atoms with van der Waals surface area (Å²) in [6, 6.07) is 60.0. The summed E-state index contributed by atoms with van der Waals surface area (Å²) in [7, 11) is 0. The van der Waals surface area contributed by atoms with Crippen molar-refractivity contribution in [3.05, 3.63) is 233 Å². The summed E-state index contributed by atoms with van der Waals surface area (Å²) in [4.78, 5) is 5.37. The minimum atomic E-state index is -0.0197. The number of nitrogens with two attached hydrogens (primary N) is 1. The number of allylic oxidation sites excluding steroid dienone is 5. The van der Waals surface area contributed by atoms with E-state index in [9.17, 15) is 0 Å². The molecule has 2 N–H and O–H groups in total. The zero-order valence-electron chi connectivity index (χ0n) is 37.2. The second kappa shape index (κ2) is 17.1. The molecule has 5 nitrogen and oxygen atoms in total. The van der Waals surface area contributed by atoms with E-state index in [2.05, 4.69) is 174 Å². The van der Waals surface area contributed by atoms with Crippen molar-refractivity contribution in [3.8, 4) is 22.6 Å². The summed E-state index contributed by atoms with van der Waals surface area (Å²) in [6.45, 7) is 9.00. The van der Waals surface area contributed by atoms with Gasteiger partial charge >= 0.3 is 0 Å². The van der Waals surface area contributed by atoms with Crippen LogP contribution in [-0.2, 0) is 0 Å². The van der Waals surface area contributed by atoms with Crippen LogP contribution in [0.15, 0.2) is 205 Å². The average molecular weight is 855 g/mol. The van der Waals surface area contributed by atoms with Crippen LogP contribution in [0.4, 0.5) is 0 Å². The third kappa shape index (κ3) is 7.10. The number of aliphatic imine (C=N–C) groups is 1. The summed E-state index contributed by atoms with van der Waals surface area (Å²) in [6.07, 6.45) is 14.7. The van der Waals surface area contributed by atoms with E-state index in [1.165, 1.54) is 44.2 Å². The van der Waals surface area contributed by atoms with Crippen LogP contribution in [0.2, 0.25) is 0 Å². The Labute approximate surface area is 385 Å². The van der Waals surface area contributed by atoms with Gasteiger partial charge in [-0.25, -0.2) is 0 Å². The number of aromatic nitrogens is 2. The predicted molar refractivity (Wildman–Crippen MR) is 278 cm³/mol. The van der Waals surface area contributed by atoms with Crippen LogP contribution in [0.25, 0.3) is 79.1 Å². The highest BCUT2D eigenvalue weighted by Crippen LogP contribution is 2.44. The van der Waals surface area contributed by atoms with Crippen LogP contribution in [0.1, 0.15) is 55.0 Å². The molecule has 5 heteroatoms. The molecule has 7 aromatic carbocycles. The average Bonchev–Trinajstić information content (AvgIpc) is 4.01. The fraction of sp³-hybridized carbons (Fsp3) is 0.0984. The van der Waals surface area contributed by atoms with Gasteiger partial charge in [-0.15, -0.1) is 0 Å². The van der Waals surface area contributed by atoms with E-state index in [-0.39, 0.29) is 12.1 Å². The molecule has 9 aromatic rings. The Morgan fingerprint density at radius 3 is 2.26 bits per heavy atom. The first-order valence-electron chi connectivity index (χ1n) is 22.9. The first kappa shape index (κ1) is 40.6. The normalized spacial score (nSPS) is 15.8. The van der Waals surface area contributed by atoms with Gasteiger partial charge in [0.1, 0.15) is 11.9 Å². The zero-order chi connectivity index (χ0) is 44.7. The number of nitrogens with zero attached hydrogens (tertiary/aromatic N) is 3. The fourth-order valence-corrected chi connectivity index (χ4v) is 9.96. The molecule has 320 valence electrons. The van der Waals surface area contributed by atoms with Crippen LogP contribution in [0.5, 0.6) is 5.75 Å². The summed E-state index contributed by atoms with van der Waals surface area (Å²) in [5, 5.41) is 5.57. The van der Waals surface area contributed by atoms with Gasteiger partial charge in [-0.2, -0.15) is 0 Å². The molecule has 0 bridgehead atoms. The van der Waals surface area contributed by atoms with E-state index in [1.807, 2.05) is 55.5 Å². The first-order valence-corrected chi connectivity index (χ1v) is 22.9. The molecule has 3 heterocycles. The lowest BCUT2D eigenvalue weighted by molar-refractivity contribution is 0.279. The van der Waals surface area contributed by atoms with Gasteiger partial charge in [0.05, 0.1) is 33.7 Å². The highest BCUT2D eigenvalue weighted by atomic mass is 16.5. The van der Waals surface area contributed by atoms with Gasteiger partial charge < -0.3 is 19.6 Å². The van der Waals surface area contributed by atoms with Gasteiger partial charge in [0.2, 0.25) is 0 Å². The third-order valence-electron chi connectivity index (χ3n) is 13.2. The van der Waals surface area contributed by atoms with Crippen molar-refractivity contribution in [1.82, 2.24) is 9.13 Å². The summed E-state index contributed by atoms with van der Waals surface area (Å²) in [5.41, 5.74) is 21.8. The topological polar surface area (TPSA) is 57.5 Å². The maximum absolute atomic E-state index is 6.78. The Hall–Kier alpha value is -8.15. The Bertz CT molecular complexity index is 3600. The molecule has 66 heavy (non-hydrogen) atoms. The largest absolute Gasteiger partial charge is 0.485 e. The molecular weight excluding hydrogens is 805 g/mol. The van der Waals surface area contributed by atoms with Crippen molar-refractivity contribution >= 4 is 68.0 Å². The lowest BCUT2D eigenvalue weighted by Crippen LogP contribution is -2.27. The van der Waals surface area contributed by atoms with E-state index >= 15 is 0 Å². The van der Waals surface area contributed by atoms with Gasteiger partial charge in [0.25, 0.3) is 0 Å². The molecule has 0 radical (unpaired) electrons. The van der Waals surface area contributed by atoms with E-state index in [0.29, 0.717) is 5.70 Å². The van der Waals surface area contributed by atoms with E-state index in [1.54, 1.807) is 0 Å². The zero-order valence-corrected chi connectivity index (χ0v) is 37.2. The molecule has 11 rings (SSSR count). The maximum Gasteiger partial charge on any atom is 0.128 e. The fourth-order valence-electron chi connectivity index (χ4n) is 9.96. The number of ether oxygens (including phenoxy) is 1. The molecule has 0 amide bonds. The number of hydrogen-bond donors (Lipinski definition) is 1. The highest BCUT2D eigenvalue weighted by Gasteiger charge is 2.31. The second-order valence-corrected chi connectivity index (χ2v) is 17.1. The highest BCUT2D eigenvalue weighted by molar-refractivity contribution is 6.14. The summed E-state index contributed by atoms with van der Waals surface area (Å²) in [5.74, 6) is 0.965. The van der Waals surface area contributed by atoms with Crippen molar-refractivity contribution in [2.24, 2.45) is 10.7 Å². The van der Waals surface area contributed by atoms with Gasteiger partial charge in [-0.1, -0.05) is 159 Å². The van der Waals surface area contributed by atoms with Crippen molar-refractivity contribution in [2.45, 2.75) is 38.8 Å². The minimum absolute atomic E-state index is 0.0197. The van der Waals surface area contributed by atoms with Crippen LogP contribution in [0.3, 0.4) is 0 Å². The Morgan fingerprint density at radius 2 is 1.45 bits per heavy atom. The molecule has 2 atom stereocenters. The molecule has 0 saturated carbocycles. The standard InChI is InChI=1S/C61H50N4O/c1-4-6-25-55-40(3)61-47(44-31-35-57-50(37-44)48-22-13-15-26-56(48)65(57)46-34-36-60-51(38-46)49-23-14-16-28-59(49)66-60)24-17-27-58(61)64(55)45-32-29-43(30-33-45)54(39-52(62)41-18-9-7-10-19-41)63-53(5-2)42-20-11-8-12-21-42/h4,6-35,37-39,53,60H,3,5,36,62H2,1-2H3/b6-4-,52-39-,55-25+,63-54?/t53?,60-/m0/s1. The van der Waals surface area contributed by atoms with Crippen molar-refractivity contribution < 1.29 is 4.74 Å². The SMILES string of the molecule is C=c1/c(=C\C=C/C)n(-c2ccc(C(/C=C(\N)c3ccccc3)=NC(CC)c3ccccc3)cc2)c2cccc(-c3ccc4c(c3)c3ccccc3n4C3=CC[C@@H]4Oc5ccccc5C4=C3)c12. The lowest BCUT2D eigenvalue weighted by atomic mass is 9.95. The van der Waals surface area contributed by atoms with Crippen molar-refractivity contribution in [3.63, 3.8) is 0 Å². The van der Waals surface area contributed by atoms with Gasteiger partial charge in [0, 0.05) is 56.0 Å². The van der Waals surface area contributed by atoms with Gasteiger partial charge in [-0.05, 0) is 102 Å². The van der Waals surface area contributed by atoms with Gasteiger partial charge in [-0.3, -0.25) is 4.99 Å². The van der Waals surface area contributed by atoms with E-state index in [4.69, 9.17) is 22.0 Å². The van der Waals surface area contributed by atoms with Gasteiger partial charge in [0.15, 0.2) is 0 Å². The molecule has 0 saturated heterocycles. The quantitative estimate of drug-likeness (QED) is 0.139. The van der Waals surface area contributed by atoms with Crippen molar-refractivity contribution in [1.29, 1.82) is 0 Å². The predicted octanol–water partition coefficient (Wildman–Crippen LogP) is 13.2. The molecule has 2 aromatic heterocycles. The van der Waals surface area contributed by atoms with Crippen LogP contribution >= 0.6 is 0 Å². The monoisotopic (exact) mass is 854 g/mol. The molecule has 1 aliphatic carbocycles. The van der Waals surface area contributed by atoms with Crippen LogP contribution < -0.4 is 21.0 Å². The maximum atomic E-state index is 6.78. The number of hydrogen-bond acceptors (Lipinski definition) is 3. The summed E-state index contributed by atoms with van der Waals surface area (Å²) >= 11 is 0. The number of fused-ring (bicyclic) bond motifs is 7. The Balaban J connectivity index is 1.02. The number of rotatable bonds is 10. The first-order chi connectivity index (χ1) is 32.5. The van der Waals surface area contributed by atoms with E-state index < -0.39 is 0 Å². The van der Waals surface area contributed by atoms with E-state index in [0.717, 1.165) is 73.7 Å². The van der Waals surface area contributed by atoms with Crippen molar-refractivity contribution in [2.75, 3.05) is 0 Å². The molecule has 2 aliphatic rings. The molecule has 1 unspecified atom stereocenters. The molecule has 0 fully saturated rings. The minimum Gasteiger partial charge on any atom is -0.485 e.